The zero-order valence-corrected chi connectivity index (χ0v) is 32.1. The molecule has 0 saturated carbocycles. The van der Waals surface area contributed by atoms with Gasteiger partial charge in [0.05, 0.1) is 22.7 Å². The summed E-state index contributed by atoms with van der Waals surface area (Å²) in [5, 5.41) is 7.61. The molecule has 1 aliphatic rings. The number of fused-ring (bicyclic) bond motifs is 8. The summed E-state index contributed by atoms with van der Waals surface area (Å²) in [6.07, 6.45) is 0. The van der Waals surface area contributed by atoms with E-state index < -0.39 is 0 Å². The van der Waals surface area contributed by atoms with E-state index in [9.17, 15) is 0 Å². The fourth-order valence-electron chi connectivity index (χ4n) is 8.93. The smallest absolute Gasteiger partial charge is 0.0700 e. The van der Waals surface area contributed by atoms with Crippen molar-refractivity contribution in [3.63, 3.8) is 0 Å². The molecule has 3 nitrogen and oxygen atoms in total. The SMILES string of the molecule is CN1c2ccccc2N(c2ccccc2)c2ccc(-c3ccc(N(c4ccc(-c5ccccc5)cc4)c4ccc5c6ccccc6c6ccccc6c5c4)cc3)cc21. The third-order valence-electron chi connectivity index (χ3n) is 11.8. The zero-order chi connectivity index (χ0) is 38.6. The summed E-state index contributed by atoms with van der Waals surface area (Å²) in [6, 6.07) is 79.3. The van der Waals surface area contributed by atoms with E-state index in [4.69, 9.17) is 0 Å². The highest BCUT2D eigenvalue weighted by Crippen LogP contribution is 2.51. The highest BCUT2D eigenvalue weighted by molar-refractivity contribution is 6.25. The second-order valence-corrected chi connectivity index (χ2v) is 15.0. The molecule has 10 aromatic carbocycles. The van der Waals surface area contributed by atoms with E-state index >= 15 is 0 Å². The van der Waals surface area contributed by atoms with Crippen LogP contribution in [0.15, 0.2) is 218 Å². The Balaban J connectivity index is 1.02. The number of anilines is 8. The average Bonchev–Trinajstić information content (AvgIpc) is 3.30. The molecule has 1 aliphatic heterocycles. The van der Waals surface area contributed by atoms with E-state index in [0.29, 0.717) is 0 Å². The lowest BCUT2D eigenvalue weighted by Gasteiger charge is -2.38. The zero-order valence-electron chi connectivity index (χ0n) is 32.1. The highest BCUT2D eigenvalue weighted by atomic mass is 15.3. The van der Waals surface area contributed by atoms with Gasteiger partial charge in [0.15, 0.2) is 0 Å². The van der Waals surface area contributed by atoms with E-state index in [-0.39, 0.29) is 0 Å². The molecule has 0 spiro atoms. The molecule has 0 bridgehead atoms. The van der Waals surface area contributed by atoms with E-state index in [0.717, 1.165) is 28.4 Å². The highest BCUT2D eigenvalue weighted by Gasteiger charge is 2.27. The maximum Gasteiger partial charge on any atom is 0.0700 e. The molecule has 0 fully saturated rings. The van der Waals surface area contributed by atoms with Gasteiger partial charge in [0.2, 0.25) is 0 Å². The van der Waals surface area contributed by atoms with Crippen LogP contribution in [0.25, 0.3) is 54.6 Å². The molecule has 10 aromatic rings. The molecular formula is C55H39N3. The molecule has 0 unspecified atom stereocenters. The molecule has 3 heteroatoms. The predicted molar refractivity (Wildman–Crippen MR) is 247 cm³/mol. The van der Waals surface area contributed by atoms with Gasteiger partial charge in [-0.3, -0.25) is 0 Å². The summed E-state index contributed by atoms with van der Waals surface area (Å²) in [5.41, 5.74) is 13.9. The quantitative estimate of drug-likeness (QED) is 0.157. The van der Waals surface area contributed by atoms with E-state index in [1.54, 1.807) is 0 Å². The molecule has 274 valence electrons. The van der Waals surface area contributed by atoms with E-state index in [1.165, 1.54) is 71.6 Å². The normalized spacial score (nSPS) is 12.2. The van der Waals surface area contributed by atoms with Gasteiger partial charge < -0.3 is 14.7 Å². The standard InChI is InChI=1S/C55H39N3/c1-56-52-22-12-13-23-53(52)58(42-16-6-3-7-17-42)54-35-28-41(36-55(54)56)40-26-31-44(32-27-40)57(43-29-24-39(25-30-43)38-14-4-2-5-15-38)45-33-34-50-48-20-9-8-18-46(48)47-19-10-11-21-49(47)51(50)37-45/h2-37H,1H3. The first-order valence-corrected chi connectivity index (χ1v) is 19.9. The molecule has 58 heavy (non-hydrogen) atoms. The van der Waals surface area contributed by atoms with Gasteiger partial charge in [-0.05, 0) is 127 Å². The Morgan fingerprint density at radius 2 is 0.724 bits per heavy atom. The van der Waals surface area contributed by atoms with Crippen LogP contribution in [0.1, 0.15) is 0 Å². The van der Waals surface area contributed by atoms with Crippen molar-refractivity contribution < 1.29 is 0 Å². The van der Waals surface area contributed by atoms with Crippen molar-refractivity contribution in [2.45, 2.75) is 0 Å². The Kier molecular flexibility index (Phi) is 8.04. The molecule has 1 heterocycles. The van der Waals surface area contributed by atoms with Crippen LogP contribution in [0.4, 0.5) is 45.5 Å². The molecule has 0 atom stereocenters. The van der Waals surface area contributed by atoms with Crippen LogP contribution in [-0.4, -0.2) is 7.05 Å². The molecule has 0 N–H and O–H groups in total. The maximum absolute atomic E-state index is 2.39. The first-order valence-electron chi connectivity index (χ1n) is 19.9. The summed E-state index contributed by atoms with van der Waals surface area (Å²) in [6.45, 7) is 0. The summed E-state index contributed by atoms with van der Waals surface area (Å²) in [4.78, 5) is 7.07. The summed E-state index contributed by atoms with van der Waals surface area (Å²) in [5.74, 6) is 0. The van der Waals surface area contributed by atoms with Crippen LogP contribution >= 0.6 is 0 Å². The second-order valence-electron chi connectivity index (χ2n) is 15.0. The lowest BCUT2D eigenvalue weighted by atomic mass is 9.94. The van der Waals surface area contributed by atoms with Crippen LogP contribution in [0.2, 0.25) is 0 Å². The van der Waals surface area contributed by atoms with Crippen molar-refractivity contribution in [2.24, 2.45) is 0 Å². The minimum Gasteiger partial charge on any atom is -0.341 e. The topological polar surface area (TPSA) is 9.72 Å². The Morgan fingerprint density at radius 1 is 0.293 bits per heavy atom. The predicted octanol–water partition coefficient (Wildman–Crippen LogP) is 15.5. The Labute approximate surface area is 338 Å². The monoisotopic (exact) mass is 741 g/mol. The van der Waals surface area contributed by atoms with Gasteiger partial charge in [0.25, 0.3) is 0 Å². The van der Waals surface area contributed by atoms with Gasteiger partial charge in [-0.1, -0.05) is 146 Å². The molecule has 0 radical (unpaired) electrons. The Morgan fingerprint density at radius 3 is 1.34 bits per heavy atom. The van der Waals surface area contributed by atoms with Crippen LogP contribution in [0, 0.1) is 0 Å². The fourth-order valence-corrected chi connectivity index (χ4v) is 8.93. The Bertz CT molecular complexity index is 3080. The lowest BCUT2D eigenvalue weighted by molar-refractivity contribution is 1.13. The minimum absolute atomic E-state index is 1.10. The largest absolute Gasteiger partial charge is 0.341 e. The number of rotatable bonds is 6. The first kappa shape index (κ1) is 33.7. The van der Waals surface area contributed by atoms with Gasteiger partial charge in [0.1, 0.15) is 0 Å². The van der Waals surface area contributed by atoms with Gasteiger partial charge in [-0.2, -0.15) is 0 Å². The summed E-state index contributed by atoms with van der Waals surface area (Å²) >= 11 is 0. The van der Waals surface area contributed by atoms with Crippen molar-refractivity contribution >= 4 is 77.8 Å². The lowest BCUT2D eigenvalue weighted by Crippen LogP contribution is -2.24. The van der Waals surface area contributed by atoms with Crippen LogP contribution in [0.3, 0.4) is 0 Å². The van der Waals surface area contributed by atoms with Crippen LogP contribution < -0.4 is 14.7 Å². The summed E-state index contributed by atoms with van der Waals surface area (Å²) < 4.78 is 0. The van der Waals surface area contributed by atoms with E-state index in [2.05, 4.69) is 240 Å². The number of para-hydroxylation sites is 3. The second kappa shape index (κ2) is 13.8. The third kappa shape index (κ3) is 5.59. The third-order valence-corrected chi connectivity index (χ3v) is 11.8. The van der Waals surface area contributed by atoms with Crippen LogP contribution in [-0.2, 0) is 0 Å². The molecule has 0 aromatic heterocycles. The molecule has 11 rings (SSSR count). The number of nitrogens with zero attached hydrogens (tertiary/aromatic N) is 3. The van der Waals surface area contributed by atoms with Gasteiger partial charge in [-0.15, -0.1) is 0 Å². The van der Waals surface area contributed by atoms with Gasteiger partial charge in [-0.25, -0.2) is 0 Å². The van der Waals surface area contributed by atoms with Crippen molar-refractivity contribution in [1.29, 1.82) is 0 Å². The maximum atomic E-state index is 2.39. The minimum atomic E-state index is 1.10. The van der Waals surface area contributed by atoms with Gasteiger partial charge >= 0.3 is 0 Å². The van der Waals surface area contributed by atoms with E-state index in [1.807, 2.05) is 0 Å². The average molecular weight is 742 g/mol. The first-order chi connectivity index (χ1) is 28.7. The molecular weight excluding hydrogens is 703 g/mol. The van der Waals surface area contributed by atoms with Crippen LogP contribution in [0.5, 0.6) is 0 Å². The molecule has 0 aliphatic carbocycles. The van der Waals surface area contributed by atoms with Crippen molar-refractivity contribution in [2.75, 3.05) is 21.7 Å². The Hall–Kier alpha value is -7.62. The van der Waals surface area contributed by atoms with Crippen molar-refractivity contribution in [3.8, 4) is 22.3 Å². The van der Waals surface area contributed by atoms with Crippen molar-refractivity contribution in [1.82, 2.24) is 0 Å². The fraction of sp³-hybridized carbons (Fsp3) is 0.0182. The number of hydrogen-bond donors (Lipinski definition) is 0. The number of benzene rings is 10. The summed E-state index contributed by atoms with van der Waals surface area (Å²) in [7, 11) is 2.17. The van der Waals surface area contributed by atoms with Gasteiger partial charge in [0, 0.05) is 29.8 Å². The molecule has 0 amide bonds. The van der Waals surface area contributed by atoms with Crippen molar-refractivity contribution in [3.05, 3.63) is 218 Å². The number of hydrogen-bond acceptors (Lipinski definition) is 3. The molecule has 0 saturated heterocycles.